The second kappa shape index (κ2) is 2.71. The van der Waals surface area contributed by atoms with Crippen LogP contribution >= 0.6 is 0 Å². The average Bonchev–Trinajstić information content (AvgIpc) is 2.51. The van der Waals surface area contributed by atoms with Crippen molar-refractivity contribution >= 4 is 5.97 Å². The van der Waals surface area contributed by atoms with Crippen LogP contribution in [0.2, 0.25) is 0 Å². The van der Waals surface area contributed by atoms with E-state index >= 15 is 0 Å². The van der Waals surface area contributed by atoms with Crippen molar-refractivity contribution in [2.24, 2.45) is 5.41 Å². The van der Waals surface area contributed by atoms with Gasteiger partial charge in [0.15, 0.2) is 6.23 Å². The maximum atomic E-state index is 11.4. The number of cyclic esters (lactones) is 1. The molecule has 13 heavy (non-hydrogen) atoms. The minimum absolute atomic E-state index is 0.00694. The summed E-state index contributed by atoms with van der Waals surface area (Å²) in [6, 6.07) is 0.0595. The lowest BCUT2D eigenvalue weighted by atomic mass is 9.93. The molecule has 1 unspecified atom stereocenters. The molecule has 0 N–H and O–H groups in total. The molecule has 0 amide bonds. The fraction of sp³-hybridized carbons (Fsp3) is 0.900. The van der Waals surface area contributed by atoms with Crippen molar-refractivity contribution in [3.8, 4) is 0 Å². The molecule has 0 aromatic rings. The molecular formula is C10H17NO2. The van der Waals surface area contributed by atoms with Crippen molar-refractivity contribution in [3.63, 3.8) is 0 Å². The predicted molar refractivity (Wildman–Crippen MR) is 49.1 cm³/mol. The number of hydrogen-bond acceptors (Lipinski definition) is 3. The monoisotopic (exact) mass is 183 g/mol. The minimum atomic E-state index is -0.0163. The highest BCUT2D eigenvalue weighted by Crippen LogP contribution is 2.36. The van der Waals surface area contributed by atoms with Gasteiger partial charge in [0.2, 0.25) is 0 Å². The first-order chi connectivity index (χ1) is 6.00. The number of hydrogen-bond donors (Lipinski definition) is 0. The van der Waals surface area contributed by atoms with Gasteiger partial charge in [-0.05, 0) is 12.8 Å². The molecule has 0 radical (unpaired) electrons. The Bertz CT molecular complexity index is 232. The number of nitrogens with zero attached hydrogens (tertiary/aromatic N) is 1. The fourth-order valence-electron chi connectivity index (χ4n) is 2.25. The predicted octanol–water partition coefficient (Wildman–Crippen LogP) is 1.38. The van der Waals surface area contributed by atoms with E-state index in [1.54, 1.807) is 0 Å². The Morgan fingerprint density at radius 1 is 1.46 bits per heavy atom. The summed E-state index contributed by atoms with van der Waals surface area (Å²) in [7, 11) is 0. The molecule has 2 fully saturated rings. The van der Waals surface area contributed by atoms with Crippen LogP contribution < -0.4 is 0 Å². The summed E-state index contributed by atoms with van der Waals surface area (Å²) in [5.41, 5.74) is 0.0365. The van der Waals surface area contributed by atoms with Gasteiger partial charge in [0, 0.05) is 12.0 Å². The third-order valence-electron chi connectivity index (χ3n) is 2.84. The highest BCUT2D eigenvalue weighted by molar-refractivity contribution is 5.78. The summed E-state index contributed by atoms with van der Waals surface area (Å²) in [6.45, 7) is 7.36. The molecule has 0 saturated carbocycles. The molecule has 0 bridgehead atoms. The third-order valence-corrected chi connectivity index (χ3v) is 2.84. The van der Waals surface area contributed by atoms with Gasteiger partial charge in [0.1, 0.15) is 6.04 Å². The fourth-order valence-corrected chi connectivity index (χ4v) is 2.25. The number of esters is 1. The molecule has 0 aliphatic carbocycles. The van der Waals surface area contributed by atoms with Crippen molar-refractivity contribution in [1.82, 2.24) is 4.90 Å². The first kappa shape index (κ1) is 9.00. The van der Waals surface area contributed by atoms with Crippen LogP contribution in [0.3, 0.4) is 0 Å². The van der Waals surface area contributed by atoms with E-state index in [-0.39, 0.29) is 23.7 Å². The Balaban J connectivity index is 2.20. The van der Waals surface area contributed by atoms with Gasteiger partial charge in [0.05, 0.1) is 0 Å². The smallest absolute Gasteiger partial charge is 0.325 e. The molecule has 2 heterocycles. The maximum Gasteiger partial charge on any atom is 0.325 e. The van der Waals surface area contributed by atoms with E-state index in [1.165, 1.54) is 0 Å². The molecule has 74 valence electrons. The highest BCUT2D eigenvalue weighted by Gasteiger charge is 2.49. The van der Waals surface area contributed by atoms with Crippen molar-refractivity contribution < 1.29 is 9.53 Å². The summed E-state index contributed by atoms with van der Waals surface area (Å²) in [4.78, 5) is 13.7. The van der Waals surface area contributed by atoms with Crippen molar-refractivity contribution in [1.29, 1.82) is 0 Å². The molecule has 2 saturated heterocycles. The standard InChI is InChI=1S/C10H17NO2/c1-10(2,3)9-11-6-4-5-7(11)8(12)13-9/h7,9H,4-6H2,1-3H3/t7?,9-/m1/s1. The lowest BCUT2D eigenvalue weighted by Gasteiger charge is -2.31. The molecule has 2 aliphatic rings. The largest absolute Gasteiger partial charge is 0.445 e. The Kier molecular flexibility index (Phi) is 1.88. The maximum absolute atomic E-state index is 11.4. The second-order valence-electron chi connectivity index (χ2n) is 5.05. The van der Waals surface area contributed by atoms with Gasteiger partial charge in [-0.1, -0.05) is 20.8 Å². The van der Waals surface area contributed by atoms with E-state index in [2.05, 4.69) is 25.7 Å². The number of carbonyl (C=O) groups is 1. The van der Waals surface area contributed by atoms with Crippen LogP contribution in [0.5, 0.6) is 0 Å². The molecular weight excluding hydrogens is 166 g/mol. The van der Waals surface area contributed by atoms with Crippen molar-refractivity contribution in [3.05, 3.63) is 0 Å². The molecule has 0 aromatic carbocycles. The zero-order valence-corrected chi connectivity index (χ0v) is 8.54. The normalized spacial score (nSPS) is 34.8. The lowest BCUT2D eigenvalue weighted by molar-refractivity contribution is -0.148. The Hall–Kier alpha value is -0.570. The Labute approximate surface area is 79.0 Å². The first-order valence-corrected chi connectivity index (χ1v) is 4.96. The van der Waals surface area contributed by atoms with Crippen LogP contribution in [0.4, 0.5) is 0 Å². The van der Waals surface area contributed by atoms with Gasteiger partial charge in [-0.3, -0.25) is 9.69 Å². The topological polar surface area (TPSA) is 29.5 Å². The van der Waals surface area contributed by atoms with Gasteiger partial charge in [-0.25, -0.2) is 0 Å². The molecule has 3 nitrogen and oxygen atoms in total. The van der Waals surface area contributed by atoms with Crippen molar-refractivity contribution in [2.45, 2.75) is 45.9 Å². The van der Waals surface area contributed by atoms with E-state index in [9.17, 15) is 4.79 Å². The molecule has 2 atom stereocenters. The summed E-state index contributed by atoms with van der Waals surface area (Å²) in [5, 5.41) is 0. The number of carbonyl (C=O) groups excluding carboxylic acids is 1. The second-order valence-corrected chi connectivity index (χ2v) is 5.05. The minimum Gasteiger partial charge on any atom is -0.445 e. The quantitative estimate of drug-likeness (QED) is 0.531. The van der Waals surface area contributed by atoms with Crippen LogP contribution in [-0.2, 0) is 9.53 Å². The zero-order chi connectivity index (χ0) is 9.64. The summed E-state index contributed by atoms with van der Waals surface area (Å²) < 4.78 is 5.38. The van der Waals surface area contributed by atoms with E-state index in [4.69, 9.17) is 4.74 Å². The van der Waals surface area contributed by atoms with Gasteiger partial charge < -0.3 is 4.74 Å². The molecule has 0 aromatic heterocycles. The van der Waals surface area contributed by atoms with Gasteiger partial charge >= 0.3 is 5.97 Å². The van der Waals surface area contributed by atoms with E-state index in [1.807, 2.05) is 0 Å². The van der Waals surface area contributed by atoms with Crippen LogP contribution in [0.15, 0.2) is 0 Å². The highest BCUT2D eigenvalue weighted by atomic mass is 16.6. The van der Waals surface area contributed by atoms with Gasteiger partial charge in [-0.15, -0.1) is 0 Å². The van der Waals surface area contributed by atoms with E-state index in [0.717, 1.165) is 19.4 Å². The zero-order valence-electron chi connectivity index (χ0n) is 8.54. The Morgan fingerprint density at radius 2 is 2.15 bits per heavy atom. The van der Waals surface area contributed by atoms with Gasteiger partial charge in [0.25, 0.3) is 0 Å². The molecule has 2 rings (SSSR count). The SMILES string of the molecule is CC(C)(C)[C@H]1OC(=O)C2CCCN21. The Morgan fingerprint density at radius 3 is 2.77 bits per heavy atom. The number of fused-ring (bicyclic) bond motifs is 1. The average molecular weight is 183 g/mol. The molecule has 0 spiro atoms. The van der Waals surface area contributed by atoms with Crippen LogP contribution in [-0.4, -0.2) is 29.7 Å². The first-order valence-electron chi connectivity index (χ1n) is 4.96. The van der Waals surface area contributed by atoms with E-state index < -0.39 is 0 Å². The lowest BCUT2D eigenvalue weighted by Crippen LogP contribution is -2.41. The summed E-state index contributed by atoms with van der Waals surface area (Å²) >= 11 is 0. The van der Waals surface area contributed by atoms with Crippen molar-refractivity contribution in [2.75, 3.05) is 6.54 Å². The molecule has 3 heteroatoms. The van der Waals surface area contributed by atoms with Crippen LogP contribution in [0, 0.1) is 5.41 Å². The third kappa shape index (κ3) is 1.35. The summed E-state index contributed by atoms with van der Waals surface area (Å²) in [6.07, 6.45) is 2.10. The number of ether oxygens (including phenoxy) is 1. The number of rotatable bonds is 0. The van der Waals surface area contributed by atoms with E-state index in [0.29, 0.717) is 0 Å². The summed E-state index contributed by atoms with van der Waals surface area (Å²) in [5.74, 6) is -0.0163. The van der Waals surface area contributed by atoms with Crippen LogP contribution in [0.25, 0.3) is 0 Å². The van der Waals surface area contributed by atoms with Crippen LogP contribution in [0.1, 0.15) is 33.6 Å². The van der Waals surface area contributed by atoms with Gasteiger partial charge in [-0.2, -0.15) is 0 Å². The molecule has 2 aliphatic heterocycles.